The highest BCUT2D eigenvalue weighted by molar-refractivity contribution is 5.85. The molecule has 0 saturated carbocycles. The summed E-state index contributed by atoms with van der Waals surface area (Å²) in [6, 6.07) is 8.03. The van der Waals surface area contributed by atoms with Crippen LogP contribution in [0.15, 0.2) is 36.9 Å². The minimum atomic E-state index is -0.0162. The monoisotopic (exact) mass is 343 g/mol. The fraction of sp³-hybridized carbons (Fsp3) is 0.357. The van der Waals surface area contributed by atoms with E-state index in [2.05, 4.69) is 20.7 Å². The average Bonchev–Trinajstić information content (AvgIpc) is 2.88. The molecule has 3 rings (SSSR count). The summed E-state index contributed by atoms with van der Waals surface area (Å²) in [5.41, 5.74) is 2.25. The quantitative estimate of drug-likeness (QED) is 0.854. The van der Waals surface area contributed by atoms with Crippen LogP contribution in [0.25, 0.3) is 0 Å². The molecular weight excluding hydrogens is 325 g/mol. The molecule has 8 heteroatoms. The van der Waals surface area contributed by atoms with Crippen LogP contribution in [0.5, 0.6) is 0 Å². The molecule has 22 heavy (non-hydrogen) atoms. The average molecular weight is 344 g/mol. The second-order valence-corrected chi connectivity index (χ2v) is 4.87. The van der Waals surface area contributed by atoms with Gasteiger partial charge in [0.15, 0.2) is 0 Å². The first-order valence-electron chi connectivity index (χ1n) is 6.73. The predicted molar refractivity (Wildman–Crippen MR) is 88.3 cm³/mol. The Morgan fingerprint density at radius 1 is 1.32 bits per heavy atom. The van der Waals surface area contributed by atoms with E-state index < -0.39 is 0 Å². The summed E-state index contributed by atoms with van der Waals surface area (Å²) in [5.74, 6) is 0.0757. The number of amides is 1. The summed E-state index contributed by atoms with van der Waals surface area (Å²) in [4.78, 5) is 15.8. The zero-order valence-electron chi connectivity index (χ0n) is 11.9. The summed E-state index contributed by atoms with van der Waals surface area (Å²) in [6.45, 7) is 2.14. The Kier molecular flexibility index (Phi) is 7.31. The number of rotatable bonds is 5. The van der Waals surface area contributed by atoms with Gasteiger partial charge in [-0.25, -0.2) is 9.67 Å². The maximum Gasteiger partial charge on any atom is 0.237 e. The molecule has 1 aliphatic rings. The van der Waals surface area contributed by atoms with Crippen LogP contribution in [-0.2, 0) is 17.9 Å². The zero-order chi connectivity index (χ0) is 13.8. The number of aromatic nitrogens is 3. The van der Waals surface area contributed by atoms with E-state index in [0.29, 0.717) is 13.1 Å². The van der Waals surface area contributed by atoms with Crippen molar-refractivity contribution in [1.29, 1.82) is 0 Å². The molecule has 1 amide bonds. The second kappa shape index (κ2) is 8.73. The molecule has 0 unspecified atom stereocenters. The molecule has 1 aromatic heterocycles. The van der Waals surface area contributed by atoms with Gasteiger partial charge >= 0.3 is 0 Å². The molecule has 2 aromatic rings. The number of hydrogen-bond donors (Lipinski definition) is 2. The maximum absolute atomic E-state index is 11.8. The molecular formula is C14H19Cl2N5O. The summed E-state index contributed by atoms with van der Waals surface area (Å²) >= 11 is 0. The lowest BCUT2D eigenvalue weighted by atomic mass is 10.1. The van der Waals surface area contributed by atoms with Crippen molar-refractivity contribution in [2.24, 2.45) is 0 Å². The number of nitrogens with one attached hydrogen (secondary N) is 2. The van der Waals surface area contributed by atoms with Gasteiger partial charge in [-0.3, -0.25) is 4.79 Å². The van der Waals surface area contributed by atoms with E-state index in [-0.39, 0.29) is 36.8 Å². The lowest BCUT2D eigenvalue weighted by Crippen LogP contribution is -2.53. The summed E-state index contributed by atoms with van der Waals surface area (Å²) in [5, 5.41) is 10.2. The number of benzene rings is 1. The van der Waals surface area contributed by atoms with Crippen molar-refractivity contribution >= 4 is 30.7 Å². The fourth-order valence-electron chi connectivity index (χ4n) is 2.19. The second-order valence-electron chi connectivity index (χ2n) is 4.87. The number of nitrogens with zero attached hydrogens (tertiary/aromatic N) is 3. The number of hydrogen-bond acceptors (Lipinski definition) is 4. The van der Waals surface area contributed by atoms with E-state index in [1.54, 1.807) is 11.0 Å². The van der Waals surface area contributed by atoms with Crippen LogP contribution >= 0.6 is 24.8 Å². The minimum absolute atomic E-state index is 0. The highest BCUT2D eigenvalue weighted by atomic mass is 35.5. The fourth-order valence-corrected chi connectivity index (χ4v) is 2.19. The van der Waals surface area contributed by atoms with Crippen LogP contribution in [0.1, 0.15) is 17.5 Å². The number of carbonyl (C=O) groups excluding carboxylic acids is 1. The molecule has 2 N–H and O–H groups in total. The van der Waals surface area contributed by atoms with Gasteiger partial charge in [0.1, 0.15) is 12.7 Å². The molecule has 120 valence electrons. The topological polar surface area (TPSA) is 71.8 Å². The van der Waals surface area contributed by atoms with Crippen LogP contribution in [-0.4, -0.2) is 33.3 Å². The van der Waals surface area contributed by atoms with Gasteiger partial charge in [-0.15, -0.1) is 24.8 Å². The van der Waals surface area contributed by atoms with E-state index in [1.165, 1.54) is 6.33 Å². The van der Waals surface area contributed by atoms with Crippen molar-refractivity contribution in [2.75, 3.05) is 6.54 Å². The van der Waals surface area contributed by atoms with Crippen molar-refractivity contribution < 1.29 is 4.79 Å². The van der Waals surface area contributed by atoms with Gasteiger partial charge < -0.3 is 10.6 Å². The number of carbonyl (C=O) groups is 1. The lowest BCUT2D eigenvalue weighted by molar-refractivity contribution is -0.124. The normalized spacial score (nSPS) is 15.9. The van der Waals surface area contributed by atoms with E-state index in [1.807, 2.05) is 24.3 Å². The smallest absolute Gasteiger partial charge is 0.237 e. The number of halogens is 2. The highest BCUT2D eigenvalue weighted by Gasteiger charge is 2.23. The Bertz CT molecular complexity index is 587. The van der Waals surface area contributed by atoms with Crippen LogP contribution in [0, 0.1) is 0 Å². The molecule has 1 fully saturated rings. The Hall–Kier alpha value is -1.63. The lowest BCUT2D eigenvalue weighted by Gasteiger charge is -2.26. The zero-order valence-corrected chi connectivity index (χ0v) is 13.6. The van der Waals surface area contributed by atoms with Gasteiger partial charge in [-0.1, -0.05) is 24.3 Å². The van der Waals surface area contributed by atoms with Crippen molar-refractivity contribution in [3.8, 4) is 0 Å². The molecule has 1 saturated heterocycles. The van der Waals surface area contributed by atoms with E-state index in [9.17, 15) is 4.79 Å². The Morgan fingerprint density at radius 2 is 2.05 bits per heavy atom. The molecule has 1 atom stereocenters. The molecule has 0 aliphatic carbocycles. The van der Waals surface area contributed by atoms with Crippen LogP contribution in [0.2, 0.25) is 0 Å². The Morgan fingerprint density at radius 3 is 2.64 bits per heavy atom. The Labute approximate surface area is 141 Å². The van der Waals surface area contributed by atoms with Crippen LogP contribution in [0.3, 0.4) is 0 Å². The van der Waals surface area contributed by atoms with Gasteiger partial charge in [0.2, 0.25) is 5.91 Å². The standard InChI is InChI=1S/C14H17N5O.2ClH/c20-14(13-5-6-16-13)17-7-11-3-1-2-4-12(11)8-19-10-15-9-18-19;;/h1-4,9-10,13,16H,5-8H2,(H,17,20);2*1H/t13-;;/m1../s1. The van der Waals surface area contributed by atoms with Crippen molar-refractivity contribution in [2.45, 2.75) is 25.6 Å². The molecule has 1 aliphatic heterocycles. The van der Waals surface area contributed by atoms with E-state index in [0.717, 1.165) is 24.1 Å². The highest BCUT2D eigenvalue weighted by Crippen LogP contribution is 2.10. The van der Waals surface area contributed by atoms with Gasteiger partial charge in [-0.2, -0.15) is 5.10 Å². The third-order valence-corrected chi connectivity index (χ3v) is 3.51. The largest absolute Gasteiger partial charge is 0.351 e. The van der Waals surface area contributed by atoms with Crippen LogP contribution in [0.4, 0.5) is 0 Å². The first-order valence-corrected chi connectivity index (χ1v) is 6.73. The van der Waals surface area contributed by atoms with E-state index in [4.69, 9.17) is 0 Å². The van der Waals surface area contributed by atoms with E-state index >= 15 is 0 Å². The maximum atomic E-state index is 11.8. The SMILES string of the molecule is Cl.Cl.O=C(NCc1ccccc1Cn1cncn1)[C@H]1CCN1. The minimum Gasteiger partial charge on any atom is -0.351 e. The van der Waals surface area contributed by atoms with Gasteiger partial charge in [0.25, 0.3) is 0 Å². The van der Waals surface area contributed by atoms with Gasteiger partial charge in [0, 0.05) is 6.54 Å². The third-order valence-electron chi connectivity index (χ3n) is 3.51. The predicted octanol–water partition coefficient (Wildman–Crippen LogP) is 1.15. The van der Waals surface area contributed by atoms with Crippen molar-refractivity contribution in [3.63, 3.8) is 0 Å². The van der Waals surface area contributed by atoms with Gasteiger partial charge in [-0.05, 0) is 24.1 Å². The van der Waals surface area contributed by atoms with Gasteiger partial charge in [0.05, 0.1) is 12.6 Å². The van der Waals surface area contributed by atoms with Crippen LogP contribution < -0.4 is 10.6 Å². The third kappa shape index (κ3) is 4.43. The van der Waals surface area contributed by atoms with Crippen molar-refractivity contribution in [1.82, 2.24) is 25.4 Å². The molecule has 0 spiro atoms. The molecule has 0 radical (unpaired) electrons. The molecule has 0 bridgehead atoms. The first kappa shape index (κ1) is 18.4. The molecule has 2 heterocycles. The molecule has 6 nitrogen and oxygen atoms in total. The van der Waals surface area contributed by atoms with Crippen molar-refractivity contribution in [3.05, 3.63) is 48.0 Å². The summed E-state index contributed by atoms with van der Waals surface area (Å²) in [6.07, 6.45) is 4.13. The first-order chi connectivity index (χ1) is 9.83. The Balaban J connectivity index is 0.00000121. The molecule has 1 aromatic carbocycles. The summed E-state index contributed by atoms with van der Waals surface area (Å²) in [7, 11) is 0. The summed E-state index contributed by atoms with van der Waals surface area (Å²) < 4.78 is 1.77.